The minimum atomic E-state index is -0.834. The van der Waals surface area contributed by atoms with Gasteiger partial charge >= 0.3 is 0 Å². The first kappa shape index (κ1) is 13.2. The van der Waals surface area contributed by atoms with Crippen LogP contribution in [-0.4, -0.2) is 10.1 Å². The van der Waals surface area contributed by atoms with Gasteiger partial charge in [-0.15, -0.1) is 11.3 Å². The van der Waals surface area contributed by atoms with E-state index in [2.05, 4.69) is 24.9 Å². The van der Waals surface area contributed by atoms with Crippen molar-refractivity contribution >= 4 is 11.3 Å². The van der Waals surface area contributed by atoms with Gasteiger partial charge in [0.1, 0.15) is 5.60 Å². The Morgan fingerprint density at radius 2 is 2.06 bits per heavy atom. The van der Waals surface area contributed by atoms with Crippen molar-refractivity contribution in [2.45, 2.75) is 39.2 Å². The molecule has 18 heavy (non-hydrogen) atoms. The largest absolute Gasteiger partial charge is 0.384 e. The van der Waals surface area contributed by atoms with E-state index in [0.29, 0.717) is 6.42 Å². The summed E-state index contributed by atoms with van der Waals surface area (Å²) >= 11 is 1.64. The van der Waals surface area contributed by atoms with Gasteiger partial charge in [0.25, 0.3) is 0 Å². The number of hydrogen-bond acceptors (Lipinski definition) is 3. The number of aromatic nitrogens is 1. The van der Waals surface area contributed by atoms with E-state index in [9.17, 15) is 5.11 Å². The van der Waals surface area contributed by atoms with E-state index < -0.39 is 5.60 Å². The Labute approximate surface area is 112 Å². The molecule has 1 unspecified atom stereocenters. The van der Waals surface area contributed by atoms with Crippen molar-refractivity contribution < 1.29 is 5.11 Å². The molecular formula is C15H19NOS. The Bertz CT molecular complexity index is 514. The number of pyridine rings is 1. The van der Waals surface area contributed by atoms with Gasteiger partial charge in [0.15, 0.2) is 0 Å². The lowest BCUT2D eigenvalue weighted by Gasteiger charge is -2.21. The maximum Gasteiger partial charge on any atom is 0.101 e. The zero-order valence-corrected chi connectivity index (χ0v) is 11.9. The molecular weight excluding hydrogens is 242 g/mol. The summed E-state index contributed by atoms with van der Waals surface area (Å²) < 4.78 is 0. The van der Waals surface area contributed by atoms with Crippen LogP contribution in [0.2, 0.25) is 0 Å². The highest BCUT2D eigenvalue weighted by atomic mass is 32.1. The highest BCUT2D eigenvalue weighted by Crippen LogP contribution is 2.30. The van der Waals surface area contributed by atoms with Crippen LogP contribution < -0.4 is 0 Å². The number of aliphatic hydroxyl groups is 1. The number of aryl methyl sites for hydroxylation is 2. The second-order valence-corrected chi connectivity index (χ2v) is 6.16. The lowest BCUT2D eigenvalue weighted by molar-refractivity contribution is 0.0604. The van der Waals surface area contributed by atoms with E-state index in [0.717, 1.165) is 17.0 Å². The molecule has 2 aromatic heterocycles. The van der Waals surface area contributed by atoms with Gasteiger partial charge in [-0.3, -0.25) is 4.98 Å². The molecule has 1 atom stereocenters. The van der Waals surface area contributed by atoms with Gasteiger partial charge in [0.2, 0.25) is 0 Å². The molecule has 0 spiro atoms. The molecule has 0 aliphatic rings. The molecule has 2 rings (SSSR count). The third-order valence-electron chi connectivity index (χ3n) is 3.09. The molecule has 2 heterocycles. The Morgan fingerprint density at radius 1 is 1.28 bits per heavy atom. The highest BCUT2D eigenvalue weighted by molar-refractivity contribution is 7.12. The number of thiophene rings is 1. The summed E-state index contributed by atoms with van der Waals surface area (Å²) in [5.74, 6) is 0. The second-order valence-electron chi connectivity index (χ2n) is 4.87. The van der Waals surface area contributed by atoms with Crippen molar-refractivity contribution in [2.24, 2.45) is 0 Å². The van der Waals surface area contributed by atoms with E-state index in [1.807, 2.05) is 31.3 Å². The van der Waals surface area contributed by atoms with E-state index in [4.69, 9.17) is 0 Å². The molecule has 3 heteroatoms. The van der Waals surface area contributed by atoms with Gasteiger partial charge < -0.3 is 5.11 Å². The first-order chi connectivity index (χ1) is 8.51. The number of rotatable bonds is 4. The average Bonchev–Trinajstić information content (AvgIpc) is 2.77. The molecule has 0 bridgehead atoms. The second kappa shape index (κ2) is 5.21. The molecule has 0 fully saturated rings. The molecule has 0 saturated heterocycles. The summed E-state index contributed by atoms with van der Waals surface area (Å²) in [6.45, 7) is 6.02. The molecule has 2 nitrogen and oxygen atoms in total. The highest BCUT2D eigenvalue weighted by Gasteiger charge is 2.25. The van der Waals surface area contributed by atoms with Crippen LogP contribution in [0.5, 0.6) is 0 Å². The maximum atomic E-state index is 10.5. The molecule has 0 amide bonds. The van der Waals surface area contributed by atoms with E-state index in [-0.39, 0.29) is 0 Å². The zero-order valence-electron chi connectivity index (χ0n) is 11.1. The first-order valence-corrected chi connectivity index (χ1v) is 7.06. The Morgan fingerprint density at radius 3 is 2.56 bits per heavy atom. The Hall–Kier alpha value is -1.19. The van der Waals surface area contributed by atoms with Crippen LogP contribution >= 0.6 is 11.3 Å². The smallest absolute Gasteiger partial charge is 0.101 e. The zero-order chi connectivity index (χ0) is 13.2. The molecule has 2 aromatic rings. The van der Waals surface area contributed by atoms with Crippen LogP contribution in [0.3, 0.4) is 0 Å². The molecule has 0 aliphatic carbocycles. The Kier molecular flexibility index (Phi) is 3.83. The molecule has 0 aromatic carbocycles. The van der Waals surface area contributed by atoms with Crippen molar-refractivity contribution in [3.8, 4) is 0 Å². The fourth-order valence-electron chi connectivity index (χ4n) is 1.93. The summed E-state index contributed by atoms with van der Waals surface area (Å²) in [7, 11) is 0. The molecule has 1 N–H and O–H groups in total. The molecule has 0 radical (unpaired) electrons. The number of hydrogen-bond donors (Lipinski definition) is 1. The van der Waals surface area contributed by atoms with Crippen molar-refractivity contribution in [3.63, 3.8) is 0 Å². The normalized spacial score (nSPS) is 14.4. The lowest BCUT2D eigenvalue weighted by atomic mass is 9.97. The fraction of sp³-hybridized carbons (Fsp3) is 0.400. The van der Waals surface area contributed by atoms with Crippen LogP contribution in [-0.2, 0) is 18.4 Å². The van der Waals surface area contributed by atoms with Crippen LogP contribution in [0.15, 0.2) is 30.5 Å². The number of nitrogens with zero attached hydrogens (tertiary/aromatic N) is 1. The lowest BCUT2D eigenvalue weighted by Crippen LogP contribution is -2.23. The molecule has 96 valence electrons. The fourth-order valence-corrected chi connectivity index (χ4v) is 2.84. The van der Waals surface area contributed by atoms with Gasteiger partial charge in [-0.2, -0.15) is 0 Å². The predicted molar refractivity (Wildman–Crippen MR) is 75.9 cm³/mol. The first-order valence-electron chi connectivity index (χ1n) is 6.24. The van der Waals surface area contributed by atoms with Crippen LogP contribution in [0.1, 0.15) is 34.9 Å². The van der Waals surface area contributed by atoms with Crippen LogP contribution in [0.4, 0.5) is 0 Å². The third-order valence-corrected chi connectivity index (χ3v) is 4.34. The summed E-state index contributed by atoms with van der Waals surface area (Å²) in [4.78, 5) is 6.63. The molecule has 0 saturated carbocycles. The Balaban J connectivity index is 2.16. The topological polar surface area (TPSA) is 33.1 Å². The van der Waals surface area contributed by atoms with Gasteiger partial charge in [-0.1, -0.05) is 13.0 Å². The summed E-state index contributed by atoms with van der Waals surface area (Å²) in [6.07, 6.45) is 3.44. The minimum Gasteiger partial charge on any atom is -0.384 e. The van der Waals surface area contributed by atoms with Crippen LogP contribution in [0.25, 0.3) is 0 Å². The summed E-state index contributed by atoms with van der Waals surface area (Å²) in [5, 5.41) is 10.5. The van der Waals surface area contributed by atoms with Crippen molar-refractivity contribution in [1.29, 1.82) is 0 Å². The summed E-state index contributed by atoms with van der Waals surface area (Å²) in [6, 6.07) is 8.13. The standard InChI is InChI=1S/C15H19NOS/c1-4-12-6-7-13(16-10-12)9-15(3,17)14-8-5-11(2)18-14/h5-8,10,17H,4,9H2,1-3H3. The predicted octanol–water partition coefficient (Wildman–Crippen LogP) is 3.46. The SMILES string of the molecule is CCc1ccc(CC(C)(O)c2ccc(C)s2)nc1. The summed E-state index contributed by atoms with van der Waals surface area (Å²) in [5.41, 5.74) is 1.33. The van der Waals surface area contributed by atoms with E-state index in [1.165, 1.54) is 10.4 Å². The van der Waals surface area contributed by atoms with Crippen molar-refractivity contribution in [3.05, 3.63) is 51.5 Å². The van der Waals surface area contributed by atoms with E-state index in [1.54, 1.807) is 11.3 Å². The monoisotopic (exact) mass is 261 g/mol. The van der Waals surface area contributed by atoms with Gasteiger partial charge in [-0.05, 0) is 44.0 Å². The van der Waals surface area contributed by atoms with E-state index >= 15 is 0 Å². The third kappa shape index (κ3) is 2.98. The van der Waals surface area contributed by atoms with Crippen LogP contribution in [0, 0.1) is 6.92 Å². The molecule has 0 aliphatic heterocycles. The van der Waals surface area contributed by atoms with Gasteiger partial charge in [0, 0.05) is 28.1 Å². The van der Waals surface area contributed by atoms with Crippen molar-refractivity contribution in [2.75, 3.05) is 0 Å². The minimum absolute atomic E-state index is 0.553. The average molecular weight is 261 g/mol. The van der Waals surface area contributed by atoms with Gasteiger partial charge in [-0.25, -0.2) is 0 Å². The van der Waals surface area contributed by atoms with Gasteiger partial charge in [0.05, 0.1) is 0 Å². The quantitative estimate of drug-likeness (QED) is 0.914. The van der Waals surface area contributed by atoms with Crippen molar-refractivity contribution in [1.82, 2.24) is 4.98 Å². The maximum absolute atomic E-state index is 10.5.